The fourth-order valence-corrected chi connectivity index (χ4v) is 3.69. The number of carbonyl (C=O) groups excluding carboxylic acids is 2. The monoisotopic (exact) mass is 366 g/mol. The molecule has 0 aromatic rings. The number of unbranched alkanes of at least 4 members (excludes halogenated alkanes) is 1. The van der Waals surface area contributed by atoms with Crippen LogP contribution in [0.4, 0.5) is 0 Å². The van der Waals surface area contributed by atoms with Crippen molar-refractivity contribution in [3.05, 3.63) is 0 Å². The molecule has 0 saturated carbocycles. The molecule has 0 aromatic heterocycles. The van der Waals surface area contributed by atoms with Crippen LogP contribution in [0.25, 0.3) is 0 Å². The van der Waals surface area contributed by atoms with Crippen LogP contribution in [0.2, 0.25) is 0 Å². The minimum atomic E-state index is -2.76. The third-order valence-corrected chi connectivity index (χ3v) is 5.95. The van der Waals surface area contributed by atoms with Crippen LogP contribution in [0, 0.1) is 0 Å². The van der Waals surface area contributed by atoms with Gasteiger partial charge in [0.1, 0.15) is 6.61 Å². The van der Waals surface area contributed by atoms with Gasteiger partial charge < -0.3 is 19.1 Å². The lowest BCUT2D eigenvalue weighted by atomic mass is 10.2. The van der Waals surface area contributed by atoms with Crippen LogP contribution in [0.15, 0.2) is 0 Å². The van der Waals surface area contributed by atoms with Gasteiger partial charge in [-0.1, -0.05) is 20.3 Å². The Morgan fingerprint density at radius 1 is 1.21 bits per heavy atom. The molecule has 24 heavy (non-hydrogen) atoms. The minimum Gasteiger partial charge on any atom is -0.462 e. The van der Waals surface area contributed by atoms with Crippen molar-refractivity contribution in [2.75, 3.05) is 25.5 Å². The van der Waals surface area contributed by atoms with Crippen LogP contribution >= 0.6 is 7.37 Å². The van der Waals surface area contributed by atoms with E-state index in [0.717, 1.165) is 12.8 Å². The highest BCUT2D eigenvalue weighted by atomic mass is 31.2. The zero-order valence-corrected chi connectivity index (χ0v) is 16.0. The van der Waals surface area contributed by atoms with Crippen molar-refractivity contribution in [3.8, 4) is 0 Å². The molecule has 0 spiro atoms. The van der Waals surface area contributed by atoms with E-state index in [1.165, 1.54) is 6.92 Å². The molecule has 1 N–H and O–H groups in total. The van der Waals surface area contributed by atoms with Crippen LogP contribution < -0.4 is 0 Å². The molecule has 142 valence electrons. The molecule has 3 atom stereocenters. The first kappa shape index (κ1) is 23.1. The predicted molar refractivity (Wildman–Crippen MR) is 91.3 cm³/mol. The predicted octanol–water partition coefficient (Wildman–Crippen LogP) is 2.74. The summed E-state index contributed by atoms with van der Waals surface area (Å²) in [6.07, 6.45) is 1.53. The van der Waals surface area contributed by atoms with Crippen molar-refractivity contribution in [2.45, 2.75) is 65.6 Å². The molecule has 2 unspecified atom stereocenters. The lowest BCUT2D eigenvalue weighted by molar-refractivity contribution is -0.160. The Morgan fingerprint density at radius 3 is 2.38 bits per heavy atom. The van der Waals surface area contributed by atoms with Gasteiger partial charge in [-0.05, 0) is 19.8 Å². The van der Waals surface area contributed by atoms with Crippen LogP contribution in [-0.4, -0.2) is 54.8 Å². The van der Waals surface area contributed by atoms with Gasteiger partial charge in [0, 0.05) is 25.7 Å². The second-order valence-corrected chi connectivity index (χ2v) is 8.77. The molecule has 0 saturated heterocycles. The summed E-state index contributed by atoms with van der Waals surface area (Å²) in [5.41, 5.74) is 0. The van der Waals surface area contributed by atoms with Gasteiger partial charge in [0.25, 0.3) is 0 Å². The van der Waals surface area contributed by atoms with Crippen molar-refractivity contribution < 1.29 is 33.3 Å². The van der Waals surface area contributed by atoms with E-state index in [1.54, 1.807) is 13.8 Å². The summed E-state index contributed by atoms with van der Waals surface area (Å²) in [7, 11) is -2.76. The molecule has 0 aliphatic heterocycles. The summed E-state index contributed by atoms with van der Waals surface area (Å²) < 4.78 is 28.2. The van der Waals surface area contributed by atoms with E-state index in [4.69, 9.17) is 14.0 Å². The van der Waals surface area contributed by atoms with Gasteiger partial charge in [-0.3, -0.25) is 14.2 Å². The number of hydrogen-bond donors (Lipinski definition) is 1. The Labute approximate surface area is 144 Å². The molecule has 0 rings (SSSR count). The number of hydrogen-bond acceptors (Lipinski definition) is 7. The molecule has 0 amide bonds. The zero-order chi connectivity index (χ0) is 18.6. The SMILES string of the molecule is CCCCP(=O)(CC)OC[C@@H](COC(C)=O)OC(=O)CCC(C)O. The van der Waals surface area contributed by atoms with Crippen molar-refractivity contribution in [1.82, 2.24) is 0 Å². The van der Waals surface area contributed by atoms with E-state index < -0.39 is 31.5 Å². The van der Waals surface area contributed by atoms with E-state index in [1.807, 2.05) is 6.92 Å². The number of aliphatic hydroxyl groups excluding tert-OH is 1. The first-order valence-corrected chi connectivity index (χ1v) is 10.5. The Morgan fingerprint density at radius 2 is 1.88 bits per heavy atom. The molecule has 0 radical (unpaired) electrons. The van der Waals surface area contributed by atoms with Crippen LogP contribution in [0.1, 0.15) is 53.4 Å². The van der Waals surface area contributed by atoms with Crippen molar-refractivity contribution in [3.63, 3.8) is 0 Å². The largest absolute Gasteiger partial charge is 0.462 e. The minimum absolute atomic E-state index is 0.0511. The van der Waals surface area contributed by atoms with Gasteiger partial charge in [-0.2, -0.15) is 0 Å². The Balaban J connectivity index is 4.60. The maximum absolute atomic E-state index is 12.6. The molecule has 0 fully saturated rings. The number of esters is 2. The molecule has 0 aliphatic rings. The zero-order valence-electron chi connectivity index (χ0n) is 15.2. The highest BCUT2D eigenvalue weighted by Gasteiger charge is 2.24. The summed E-state index contributed by atoms with van der Waals surface area (Å²) in [6, 6.07) is 0. The van der Waals surface area contributed by atoms with Crippen molar-refractivity contribution >= 4 is 19.3 Å². The number of rotatable bonds is 13. The maximum atomic E-state index is 12.6. The molecule has 0 aliphatic carbocycles. The average Bonchev–Trinajstić information content (AvgIpc) is 2.53. The second kappa shape index (κ2) is 12.5. The number of aliphatic hydroxyl groups is 1. The molecule has 0 bridgehead atoms. The normalized spacial score (nSPS) is 16.0. The molecule has 7 nitrogen and oxygen atoms in total. The Hall–Kier alpha value is -0.910. The maximum Gasteiger partial charge on any atom is 0.306 e. The summed E-state index contributed by atoms with van der Waals surface area (Å²) in [5.74, 6) is -1.01. The van der Waals surface area contributed by atoms with Gasteiger partial charge in [-0.15, -0.1) is 0 Å². The number of carbonyl (C=O) groups is 2. The highest BCUT2D eigenvalue weighted by Crippen LogP contribution is 2.47. The van der Waals surface area contributed by atoms with Gasteiger partial charge in [0.05, 0.1) is 12.7 Å². The van der Waals surface area contributed by atoms with Gasteiger partial charge in [-0.25, -0.2) is 0 Å². The quantitative estimate of drug-likeness (QED) is 0.395. The van der Waals surface area contributed by atoms with E-state index in [0.29, 0.717) is 12.3 Å². The standard InChI is InChI=1S/C16H31O7P/c1-5-7-10-24(20,6-2)22-12-15(11-21-14(4)18)23-16(19)9-8-13(3)17/h13,15,17H,5-12H2,1-4H3/t13?,15-,24?/m1/s1. The summed E-state index contributed by atoms with van der Waals surface area (Å²) in [4.78, 5) is 22.7. The van der Waals surface area contributed by atoms with Gasteiger partial charge in [0.2, 0.25) is 7.37 Å². The number of ether oxygens (including phenoxy) is 2. The summed E-state index contributed by atoms with van der Waals surface area (Å²) in [6.45, 7) is 6.42. The Kier molecular flexibility index (Phi) is 12.0. The van der Waals surface area contributed by atoms with E-state index in [2.05, 4.69) is 0 Å². The molecule has 0 aromatic carbocycles. The molecule has 8 heteroatoms. The molecular weight excluding hydrogens is 335 g/mol. The fourth-order valence-electron chi connectivity index (χ4n) is 1.83. The molecular formula is C16H31O7P. The topological polar surface area (TPSA) is 99.1 Å². The third kappa shape index (κ3) is 11.6. The Bertz CT molecular complexity index is 423. The first-order chi connectivity index (χ1) is 11.2. The van der Waals surface area contributed by atoms with Crippen LogP contribution in [0.5, 0.6) is 0 Å². The highest BCUT2D eigenvalue weighted by molar-refractivity contribution is 7.58. The lowest BCUT2D eigenvalue weighted by Gasteiger charge is -2.22. The second-order valence-electron chi connectivity index (χ2n) is 5.81. The smallest absolute Gasteiger partial charge is 0.306 e. The van der Waals surface area contributed by atoms with Crippen molar-refractivity contribution in [1.29, 1.82) is 0 Å². The third-order valence-electron chi connectivity index (χ3n) is 3.37. The van der Waals surface area contributed by atoms with Crippen LogP contribution in [0.3, 0.4) is 0 Å². The molecule has 0 heterocycles. The van der Waals surface area contributed by atoms with E-state index in [9.17, 15) is 19.3 Å². The summed E-state index contributed by atoms with van der Waals surface area (Å²) in [5, 5.41) is 9.20. The van der Waals surface area contributed by atoms with Gasteiger partial charge in [0.15, 0.2) is 6.10 Å². The van der Waals surface area contributed by atoms with Gasteiger partial charge >= 0.3 is 11.9 Å². The van der Waals surface area contributed by atoms with Crippen molar-refractivity contribution in [2.24, 2.45) is 0 Å². The fraction of sp³-hybridized carbons (Fsp3) is 0.875. The van der Waals surface area contributed by atoms with Crippen LogP contribution in [-0.2, 0) is 28.2 Å². The first-order valence-electron chi connectivity index (χ1n) is 8.46. The van der Waals surface area contributed by atoms with E-state index in [-0.39, 0.29) is 26.1 Å². The summed E-state index contributed by atoms with van der Waals surface area (Å²) >= 11 is 0. The lowest BCUT2D eigenvalue weighted by Crippen LogP contribution is -2.29. The van der Waals surface area contributed by atoms with E-state index >= 15 is 0 Å². The average molecular weight is 366 g/mol.